The number of benzene rings is 1. The van der Waals surface area contributed by atoms with Crippen LogP contribution in [0.4, 0.5) is 4.39 Å². The lowest BCUT2D eigenvalue weighted by Crippen LogP contribution is -2.32. The van der Waals surface area contributed by atoms with Crippen molar-refractivity contribution in [2.75, 3.05) is 0 Å². The quantitative estimate of drug-likeness (QED) is 0.817. The van der Waals surface area contributed by atoms with Crippen molar-refractivity contribution in [3.05, 3.63) is 35.6 Å². The smallest absolute Gasteiger partial charge is 0.123 e. The summed E-state index contributed by atoms with van der Waals surface area (Å²) in [5.74, 6) is -0.235. The number of hydrogen-bond acceptors (Lipinski definition) is 2. The maximum absolute atomic E-state index is 12.8. The Morgan fingerprint density at radius 2 is 1.94 bits per heavy atom. The fraction of sp³-hybridized carbons (Fsp3) is 0.462. The Kier molecular flexibility index (Phi) is 2.80. The topological polar surface area (TPSA) is 32.6 Å². The van der Waals surface area contributed by atoms with Crippen LogP contribution < -0.4 is 0 Å². The largest absolute Gasteiger partial charge is 0.388 e. The molecule has 0 unspecified atom stereocenters. The second-order valence-corrected chi connectivity index (χ2v) is 4.79. The zero-order valence-electron chi connectivity index (χ0n) is 9.57. The molecule has 0 fully saturated rings. The van der Waals surface area contributed by atoms with Gasteiger partial charge in [0.05, 0.1) is 11.6 Å². The molecule has 0 saturated carbocycles. The maximum atomic E-state index is 12.8. The van der Waals surface area contributed by atoms with Gasteiger partial charge in [-0.1, -0.05) is 12.1 Å². The number of aliphatic imine (C=N–C) groups is 1. The summed E-state index contributed by atoms with van der Waals surface area (Å²) in [6, 6.07) is 6.30. The third kappa shape index (κ3) is 2.30. The second-order valence-electron chi connectivity index (χ2n) is 4.79. The van der Waals surface area contributed by atoms with Crippen molar-refractivity contribution >= 4 is 5.71 Å². The van der Waals surface area contributed by atoms with E-state index in [0.717, 1.165) is 24.1 Å². The highest BCUT2D eigenvalue weighted by atomic mass is 19.1. The zero-order valence-corrected chi connectivity index (χ0v) is 9.57. The average molecular weight is 221 g/mol. The van der Waals surface area contributed by atoms with Crippen molar-refractivity contribution in [2.24, 2.45) is 4.99 Å². The molecular formula is C13H16FNO. The minimum absolute atomic E-state index is 0.0486. The van der Waals surface area contributed by atoms with Crippen LogP contribution in [0.25, 0.3) is 0 Å². The molecule has 0 aromatic heterocycles. The first-order valence-electron chi connectivity index (χ1n) is 5.52. The lowest BCUT2D eigenvalue weighted by atomic mass is 9.97. The predicted molar refractivity (Wildman–Crippen MR) is 62.3 cm³/mol. The third-order valence-corrected chi connectivity index (χ3v) is 2.96. The standard InChI is InChI=1S/C13H16FNO/c1-13(2,16)12-8-7-11(15-12)9-3-5-10(14)6-4-9/h3-6,12,16H,7-8H2,1-2H3/t12-/m1/s1. The van der Waals surface area contributed by atoms with Gasteiger partial charge >= 0.3 is 0 Å². The molecule has 3 heteroatoms. The zero-order chi connectivity index (χ0) is 11.8. The van der Waals surface area contributed by atoms with Crippen molar-refractivity contribution < 1.29 is 9.50 Å². The Hall–Kier alpha value is -1.22. The monoisotopic (exact) mass is 221 g/mol. The normalized spacial score (nSPS) is 21.0. The first-order valence-corrected chi connectivity index (χ1v) is 5.52. The van der Waals surface area contributed by atoms with Gasteiger partial charge in [-0.2, -0.15) is 0 Å². The molecule has 1 atom stereocenters. The van der Waals surface area contributed by atoms with Crippen LogP contribution in [-0.4, -0.2) is 22.5 Å². The molecule has 1 aromatic rings. The van der Waals surface area contributed by atoms with Crippen LogP contribution in [0, 0.1) is 5.82 Å². The van der Waals surface area contributed by atoms with E-state index in [1.807, 2.05) is 0 Å². The summed E-state index contributed by atoms with van der Waals surface area (Å²) in [6.45, 7) is 3.55. The third-order valence-electron chi connectivity index (χ3n) is 2.96. The Balaban J connectivity index is 2.21. The van der Waals surface area contributed by atoms with Crippen LogP contribution in [0.1, 0.15) is 32.3 Å². The van der Waals surface area contributed by atoms with Gasteiger partial charge in [-0.25, -0.2) is 4.39 Å². The molecule has 0 radical (unpaired) electrons. The summed E-state index contributed by atoms with van der Waals surface area (Å²) >= 11 is 0. The Morgan fingerprint density at radius 3 is 2.44 bits per heavy atom. The van der Waals surface area contributed by atoms with Crippen LogP contribution >= 0.6 is 0 Å². The summed E-state index contributed by atoms with van der Waals surface area (Å²) in [5, 5.41) is 9.86. The van der Waals surface area contributed by atoms with Gasteiger partial charge in [-0.3, -0.25) is 4.99 Å². The van der Waals surface area contributed by atoms with Gasteiger partial charge in [0, 0.05) is 5.71 Å². The van der Waals surface area contributed by atoms with Gasteiger partial charge in [0.1, 0.15) is 5.82 Å². The molecular weight excluding hydrogens is 205 g/mol. The van der Waals surface area contributed by atoms with Crippen LogP contribution in [0.3, 0.4) is 0 Å². The molecule has 0 amide bonds. The summed E-state index contributed by atoms with van der Waals surface area (Å²) < 4.78 is 12.8. The fourth-order valence-electron chi connectivity index (χ4n) is 1.96. The molecule has 0 aliphatic carbocycles. The molecule has 1 aromatic carbocycles. The molecule has 2 rings (SSSR count). The Morgan fingerprint density at radius 1 is 1.31 bits per heavy atom. The van der Waals surface area contributed by atoms with Gasteiger partial charge < -0.3 is 5.11 Å². The van der Waals surface area contributed by atoms with E-state index < -0.39 is 5.60 Å². The van der Waals surface area contributed by atoms with Gasteiger partial charge in [0.15, 0.2) is 0 Å². The minimum atomic E-state index is -0.776. The summed E-state index contributed by atoms with van der Waals surface area (Å²) in [6.07, 6.45) is 1.70. The van der Waals surface area contributed by atoms with E-state index in [1.54, 1.807) is 26.0 Å². The van der Waals surface area contributed by atoms with Gasteiger partial charge in [-0.15, -0.1) is 0 Å². The van der Waals surface area contributed by atoms with E-state index in [4.69, 9.17) is 0 Å². The van der Waals surface area contributed by atoms with Crippen LogP contribution in [0.2, 0.25) is 0 Å². The van der Waals surface area contributed by atoms with Gasteiger partial charge in [0.25, 0.3) is 0 Å². The fourth-order valence-corrected chi connectivity index (χ4v) is 1.96. The van der Waals surface area contributed by atoms with Crippen molar-refractivity contribution in [1.82, 2.24) is 0 Å². The number of aliphatic hydroxyl groups is 1. The second kappa shape index (κ2) is 3.98. The van der Waals surface area contributed by atoms with Crippen molar-refractivity contribution in [3.8, 4) is 0 Å². The first kappa shape index (κ1) is 11.3. The molecule has 1 N–H and O–H groups in total. The lowest BCUT2D eigenvalue weighted by Gasteiger charge is -2.22. The molecule has 2 nitrogen and oxygen atoms in total. The van der Waals surface area contributed by atoms with Crippen LogP contribution in [0.15, 0.2) is 29.3 Å². The van der Waals surface area contributed by atoms with E-state index in [9.17, 15) is 9.50 Å². The Labute approximate surface area is 94.8 Å². The molecule has 0 bridgehead atoms. The van der Waals surface area contributed by atoms with Gasteiger partial charge in [0.2, 0.25) is 0 Å². The lowest BCUT2D eigenvalue weighted by molar-refractivity contribution is 0.0535. The van der Waals surface area contributed by atoms with E-state index in [1.165, 1.54) is 12.1 Å². The highest BCUT2D eigenvalue weighted by Crippen LogP contribution is 2.26. The molecule has 1 heterocycles. The number of rotatable bonds is 2. The average Bonchev–Trinajstić information content (AvgIpc) is 2.67. The van der Waals surface area contributed by atoms with Crippen molar-refractivity contribution in [1.29, 1.82) is 0 Å². The summed E-state index contributed by atoms with van der Waals surface area (Å²) in [5.41, 5.74) is 1.14. The summed E-state index contributed by atoms with van der Waals surface area (Å²) in [7, 11) is 0. The van der Waals surface area contributed by atoms with Crippen LogP contribution in [0.5, 0.6) is 0 Å². The van der Waals surface area contributed by atoms with E-state index in [-0.39, 0.29) is 11.9 Å². The Bertz CT molecular complexity index is 403. The SMILES string of the molecule is CC(C)(O)[C@H]1CCC(c2ccc(F)cc2)=N1. The molecule has 0 saturated heterocycles. The van der Waals surface area contributed by atoms with Gasteiger partial charge in [-0.05, 0) is 44.4 Å². The van der Waals surface area contributed by atoms with Crippen LogP contribution in [-0.2, 0) is 0 Å². The number of hydrogen-bond donors (Lipinski definition) is 1. The minimum Gasteiger partial charge on any atom is -0.388 e. The summed E-state index contributed by atoms with van der Waals surface area (Å²) in [4.78, 5) is 4.50. The molecule has 1 aliphatic heterocycles. The highest BCUT2D eigenvalue weighted by molar-refractivity contribution is 6.01. The van der Waals surface area contributed by atoms with Crippen molar-refractivity contribution in [3.63, 3.8) is 0 Å². The first-order chi connectivity index (χ1) is 7.47. The molecule has 1 aliphatic rings. The van der Waals surface area contributed by atoms with E-state index in [2.05, 4.69) is 4.99 Å². The predicted octanol–water partition coefficient (Wildman–Crippen LogP) is 2.55. The number of halogens is 1. The van der Waals surface area contributed by atoms with E-state index in [0.29, 0.717) is 0 Å². The highest BCUT2D eigenvalue weighted by Gasteiger charge is 2.30. The number of nitrogens with zero attached hydrogens (tertiary/aromatic N) is 1. The molecule has 16 heavy (non-hydrogen) atoms. The molecule has 0 spiro atoms. The molecule has 86 valence electrons. The van der Waals surface area contributed by atoms with E-state index >= 15 is 0 Å². The maximum Gasteiger partial charge on any atom is 0.123 e. The van der Waals surface area contributed by atoms with Crippen molar-refractivity contribution in [2.45, 2.75) is 38.3 Å².